The number of pyridine rings is 1. The molecule has 0 radical (unpaired) electrons. The first-order valence-corrected chi connectivity index (χ1v) is 12.2. The van der Waals surface area contributed by atoms with Gasteiger partial charge in [0.1, 0.15) is 17.3 Å². The van der Waals surface area contributed by atoms with Crippen molar-refractivity contribution in [3.8, 4) is 11.8 Å². The first kappa shape index (κ1) is 24.6. The van der Waals surface area contributed by atoms with E-state index < -0.39 is 34.4 Å². The molecule has 2 saturated carbocycles. The van der Waals surface area contributed by atoms with E-state index in [4.69, 9.17) is 10.00 Å². The van der Waals surface area contributed by atoms with E-state index in [0.29, 0.717) is 25.7 Å². The highest BCUT2D eigenvalue weighted by molar-refractivity contribution is 7.81. The lowest BCUT2D eigenvalue weighted by Crippen LogP contribution is -2.65. The molecule has 1 aromatic carbocycles. The second-order valence-electron chi connectivity index (χ2n) is 9.27. The molecule has 11 heteroatoms. The van der Waals surface area contributed by atoms with Gasteiger partial charge >= 0.3 is 6.18 Å². The van der Waals surface area contributed by atoms with E-state index in [1.54, 1.807) is 4.90 Å². The molecule has 7 nitrogen and oxygen atoms in total. The smallest absolute Gasteiger partial charge is 0.419 e. The molecule has 0 N–H and O–H groups in total. The van der Waals surface area contributed by atoms with Crippen LogP contribution in [0.1, 0.15) is 49.8 Å². The van der Waals surface area contributed by atoms with Crippen molar-refractivity contribution in [2.45, 2.75) is 67.9 Å². The summed E-state index contributed by atoms with van der Waals surface area (Å²) < 4.78 is 46.7. The zero-order chi connectivity index (χ0) is 25.7. The number of carbonyl (C=O) groups is 2. The Morgan fingerprint density at radius 3 is 2.39 bits per heavy atom. The van der Waals surface area contributed by atoms with Crippen molar-refractivity contribution in [1.82, 2.24) is 9.88 Å². The molecule has 1 amide bonds. The number of ketones is 1. The molecule has 2 atom stereocenters. The van der Waals surface area contributed by atoms with Crippen molar-refractivity contribution in [1.29, 1.82) is 5.26 Å². The van der Waals surface area contributed by atoms with E-state index in [1.807, 2.05) is 30.3 Å². The van der Waals surface area contributed by atoms with Crippen LogP contribution in [0.2, 0.25) is 0 Å². The minimum atomic E-state index is -4.83. The van der Waals surface area contributed by atoms with Gasteiger partial charge in [0.05, 0.1) is 23.6 Å². The number of ether oxygens (including phenoxy) is 1. The Labute approximate surface area is 211 Å². The fourth-order valence-electron chi connectivity index (χ4n) is 5.47. The van der Waals surface area contributed by atoms with Crippen molar-refractivity contribution in [2.75, 3.05) is 4.90 Å². The average molecular weight is 517 g/mol. The highest BCUT2D eigenvalue weighted by atomic mass is 32.1. The van der Waals surface area contributed by atoms with E-state index in [9.17, 15) is 22.8 Å². The molecule has 1 aliphatic heterocycles. The van der Waals surface area contributed by atoms with Crippen LogP contribution < -0.4 is 9.64 Å². The van der Waals surface area contributed by atoms with Crippen molar-refractivity contribution in [3.05, 3.63) is 53.9 Å². The first-order valence-electron chi connectivity index (χ1n) is 11.7. The second-order valence-corrected chi connectivity index (χ2v) is 9.73. The van der Waals surface area contributed by atoms with Crippen molar-refractivity contribution < 1.29 is 27.5 Å². The minimum Gasteiger partial charge on any atom is -0.490 e. The normalized spacial score (nSPS) is 28.8. The van der Waals surface area contributed by atoms with E-state index in [1.165, 1.54) is 6.07 Å². The number of nitriles is 1. The van der Waals surface area contributed by atoms with Gasteiger partial charge in [0, 0.05) is 12.5 Å². The molecule has 2 aliphatic carbocycles. The minimum absolute atomic E-state index is 0.0125. The van der Waals surface area contributed by atoms with Gasteiger partial charge in [-0.2, -0.15) is 18.4 Å². The fraction of sp³-hybridized carbons (Fsp3) is 0.440. The zero-order valence-corrected chi connectivity index (χ0v) is 20.0. The number of carbonyl (C=O) groups excluding carboxylic acids is 2. The monoisotopic (exact) mass is 516 g/mol. The van der Waals surface area contributed by atoms with Crippen LogP contribution in [-0.4, -0.2) is 44.8 Å². The highest BCUT2D eigenvalue weighted by Crippen LogP contribution is 2.49. The molecule has 36 heavy (non-hydrogen) atoms. The quantitative estimate of drug-likeness (QED) is 0.481. The third-order valence-corrected chi connectivity index (χ3v) is 7.79. The Hall–Kier alpha value is -3.10. The van der Waals surface area contributed by atoms with Crippen LogP contribution >= 0.6 is 12.6 Å². The number of alkyl halides is 3. The van der Waals surface area contributed by atoms with Gasteiger partial charge in [-0.15, -0.1) is 12.6 Å². The van der Waals surface area contributed by atoms with Gasteiger partial charge in [-0.05, 0) is 50.3 Å². The molecular weight excluding hydrogens is 493 g/mol. The van der Waals surface area contributed by atoms with Crippen LogP contribution in [-0.2, 0) is 15.8 Å². The summed E-state index contributed by atoms with van der Waals surface area (Å²) in [6.45, 7) is 0. The first-order chi connectivity index (χ1) is 17.2. The zero-order valence-electron chi connectivity index (χ0n) is 19.1. The fourth-order valence-corrected chi connectivity index (χ4v) is 6.10. The molecule has 3 aliphatic rings. The Balaban J connectivity index is 1.41. The maximum Gasteiger partial charge on any atom is 0.419 e. The van der Waals surface area contributed by atoms with Crippen molar-refractivity contribution in [2.24, 2.45) is 0 Å². The lowest BCUT2D eigenvalue weighted by Gasteiger charge is -2.47. The lowest BCUT2D eigenvalue weighted by atomic mass is 9.72. The van der Waals surface area contributed by atoms with Gasteiger partial charge in [0.2, 0.25) is 0 Å². The summed E-state index contributed by atoms with van der Waals surface area (Å²) in [4.78, 5) is 33.0. The lowest BCUT2D eigenvalue weighted by molar-refractivity contribution is -0.150. The topological polar surface area (TPSA) is 86.5 Å². The summed E-state index contributed by atoms with van der Waals surface area (Å²) in [6.07, 6.45) is -0.590. The number of halogens is 3. The number of benzene rings is 1. The molecule has 1 saturated heterocycles. The molecule has 5 rings (SSSR count). The standard InChI is InChI=1S/C25H23F3N4O3S/c26-25(27,28)19-12-16(14-30-20(19)13-29)31-22(34)24(11-10-21(24)33)32(23(31)36)15-6-8-18(9-7-15)35-17-4-2-1-3-5-17/h1-5,12,14-15,18,23,36H,6-11H2. The molecule has 0 bridgehead atoms. The van der Waals surface area contributed by atoms with Crippen LogP contribution in [0.3, 0.4) is 0 Å². The van der Waals surface area contributed by atoms with Crippen LogP contribution in [0.25, 0.3) is 0 Å². The predicted octanol–water partition coefficient (Wildman–Crippen LogP) is 4.33. The van der Waals surface area contributed by atoms with Gasteiger partial charge in [-0.3, -0.25) is 19.4 Å². The third kappa shape index (κ3) is 3.92. The Bertz CT molecular complexity index is 1230. The number of aromatic nitrogens is 1. The van der Waals surface area contributed by atoms with Gasteiger partial charge in [0.15, 0.2) is 17.0 Å². The summed E-state index contributed by atoms with van der Waals surface area (Å²) in [5.41, 5.74) is -4.54. The molecule has 3 fully saturated rings. The number of rotatable bonds is 4. The van der Waals surface area contributed by atoms with Crippen molar-refractivity contribution in [3.63, 3.8) is 0 Å². The third-order valence-electron chi connectivity index (χ3n) is 7.31. The van der Waals surface area contributed by atoms with Gasteiger partial charge in [0.25, 0.3) is 5.91 Å². The van der Waals surface area contributed by atoms with E-state index >= 15 is 0 Å². The molecule has 2 aromatic rings. The molecule has 1 spiro atoms. The second kappa shape index (κ2) is 9.09. The molecule has 2 heterocycles. The molecule has 2 unspecified atom stereocenters. The Morgan fingerprint density at radius 1 is 1.14 bits per heavy atom. The van der Waals surface area contributed by atoms with E-state index in [-0.39, 0.29) is 36.5 Å². The maximum absolute atomic E-state index is 13.6. The number of hydrogen-bond acceptors (Lipinski definition) is 7. The number of thiol groups is 1. The summed E-state index contributed by atoms with van der Waals surface area (Å²) >= 11 is 4.64. The van der Waals surface area contributed by atoms with Crippen LogP contribution in [0.5, 0.6) is 5.75 Å². The molecular formula is C25H23F3N4O3S. The Morgan fingerprint density at radius 2 is 1.83 bits per heavy atom. The number of nitrogens with zero attached hydrogens (tertiary/aromatic N) is 4. The number of hydrogen-bond donors (Lipinski definition) is 1. The number of amides is 1. The van der Waals surface area contributed by atoms with E-state index in [2.05, 4.69) is 17.6 Å². The van der Waals surface area contributed by atoms with Crippen LogP contribution in [0.4, 0.5) is 18.9 Å². The average Bonchev–Trinajstić information content (AvgIpc) is 3.11. The van der Waals surface area contributed by atoms with Crippen LogP contribution in [0, 0.1) is 11.3 Å². The molecule has 188 valence electrons. The number of para-hydroxylation sites is 1. The SMILES string of the molecule is N#Cc1ncc(N2C(=O)C3(CCC3=O)N(C3CCC(Oc4ccccc4)CC3)C2S)cc1C(F)(F)F. The summed E-state index contributed by atoms with van der Waals surface area (Å²) in [5.74, 6) is -0.0784. The maximum atomic E-state index is 13.6. The summed E-state index contributed by atoms with van der Waals surface area (Å²) in [7, 11) is 0. The Kier molecular flexibility index (Phi) is 6.21. The van der Waals surface area contributed by atoms with Gasteiger partial charge in [-0.1, -0.05) is 18.2 Å². The van der Waals surface area contributed by atoms with Crippen molar-refractivity contribution >= 4 is 30.0 Å². The number of Topliss-reactive ketones (excluding diaryl/α,β-unsaturated/α-hetero) is 1. The predicted molar refractivity (Wildman–Crippen MR) is 126 cm³/mol. The largest absolute Gasteiger partial charge is 0.490 e. The van der Waals surface area contributed by atoms with E-state index in [0.717, 1.165) is 22.9 Å². The highest BCUT2D eigenvalue weighted by Gasteiger charge is 2.67. The number of anilines is 1. The van der Waals surface area contributed by atoms with Gasteiger partial charge in [-0.25, -0.2) is 4.98 Å². The van der Waals surface area contributed by atoms with Gasteiger partial charge < -0.3 is 4.74 Å². The summed E-state index contributed by atoms with van der Waals surface area (Å²) in [6, 6.07) is 11.5. The van der Waals surface area contributed by atoms with Crippen LogP contribution in [0.15, 0.2) is 42.6 Å². The molecule has 1 aromatic heterocycles. The summed E-state index contributed by atoms with van der Waals surface area (Å²) in [5, 5.41) is 9.06.